The number of ether oxygens (including phenoxy) is 1. The Hall–Kier alpha value is -2.64. The zero-order valence-electron chi connectivity index (χ0n) is 14.7. The predicted octanol–water partition coefficient (Wildman–Crippen LogP) is 1.95. The number of piperidine rings is 1. The van der Waals surface area contributed by atoms with E-state index in [1.807, 2.05) is 26.1 Å². The SMILES string of the molecule is CCOc1cc(N2CCC(C(=O)Nc3cnn(CC)c3)CC2)ncn1. The van der Waals surface area contributed by atoms with Gasteiger partial charge in [-0.2, -0.15) is 5.10 Å². The lowest BCUT2D eigenvalue weighted by Crippen LogP contribution is -2.38. The molecule has 0 atom stereocenters. The monoisotopic (exact) mass is 344 g/mol. The van der Waals surface area contributed by atoms with Gasteiger partial charge in [-0.15, -0.1) is 0 Å². The van der Waals surface area contributed by atoms with Crippen molar-refractivity contribution in [3.8, 4) is 5.88 Å². The summed E-state index contributed by atoms with van der Waals surface area (Å²) in [5, 5.41) is 7.14. The molecule has 1 N–H and O–H groups in total. The van der Waals surface area contributed by atoms with E-state index in [9.17, 15) is 4.79 Å². The van der Waals surface area contributed by atoms with Gasteiger partial charge in [0.2, 0.25) is 11.8 Å². The van der Waals surface area contributed by atoms with Gasteiger partial charge >= 0.3 is 0 Å². The number of anilines is 2. The van der Waals surface area contributed by atoms with Gasteiger partial charge in [0.25, 0.3) is 0 Å². The second-order valence-electron chi connectivity index (χ2n) is 5.98. The molecule has 2 aromatic heterocycles. The smallest absolute Gasteiger partial charge is 0.227 e. The average molecular weight is 344 g/mol. The Morgan fingerprint density at radius 1 is 1.32 bits per heavy atom. The van der Waals surface area contributed by atoms with Crippen LogP contribution >= 0.6 is 0 Å². The van der Waals surface area contributed by atoms with Crippen LogP contribution < -0.4 is 15.0 Å². The Morgan fingerprint density at radius 2 is 2.12 bits per heavy atom. The van der Waals surface area contributed by atoms with Crippen LogP contribution in [0.25, 0.3) is 0 Å². The highest BCUT2D eigenvalue weighted by Crippen LogP contribution is 2.24. The van der Waals surface area contributed by atoms with E-state index in [2.05, 4.69) is 25.3 Å². The summed E-state index contributed by atoms with van der Waals surface area (Å²) >= 11 is 0. The van der Waals surface area contributed by atoms with Crippen molar-refractivity contribution in [1.82, 2.24) is 19.7 Å². The van der Waals surface area contributed by atoms with E-state index in [1.165, 1.54) is 6.33 Å². The van der Waals surface area contributed by atoms with Gasteiger partial charge < -0.3 is 15.0 Å². The summed E-state index contributed by atoms with van der Waals surface area (Å²) in [4.78, 5) is 23.0. The van der Waals surface area contributed by atoms with Gasteiger partial charge in [0, 0.05) is 37.8 Å². The van der Waals surface area contributed by atoms with E-state index in [0.29, 0.717) is 12.5 Å². The number of aromatic nitrogens is 4. The second-order valence-corrected chi connectivity index (χ2v) is 5.98. The minimum atomic E-state index is 0.00873. The Morgan fingerprint density at radius 3 is 2.80 bits per heavy atom. The summed E-state index contributed by atoms with van der Waals surface area (Å²) in [6.45, 7) is 6.88. The standard InChI is InChI=1S/C17H24N6O2/c1-3-23-11-14(10-20-23)21-17(24)13-5-7-22(8-6-13)15-9-16(25-4-2)19-12-18-15/h9-13H,3-8H2,1-2H3,(H,21,24). The zero-order chi connectivity index (χ0) is 17.6. The largest absolute Gasteiger partial charge is 0.478 e. The number of hydrogen-bond donors (Lipinski definition) is 1. The molecule has 1 saturated heterocycles. The lowest BCUT2D eigenvalue weighted by molar-refractivity contribution is -0.120. The summed E-state index contributed by atoms with van der Waals surface area (Å²) < 4.78 is 7.22. The van der Waals surface area contributed by atoms with E-state index < -0.39 is 0 Å². The van der Waals surface area contributed by atoms with Gasteiger partial charge in [-0.25, -0.2) is 9.97 Å². The van der Waals surface area contributed by atoms with Crippen molar-refractivity contribution in [2.24, 2.45) is 5.92 Å². The molecule has 25 heavy (non-hydrogen) atoms. The molecule has 0 spiro atoms. The fourth-order valence-electron chi connectivity index (χ4n) is 2.95. The number of aryl methyl sites for hydroxylation is 1. The minimum absolute atomic E-state index is 0.00873. The normalized spacial score (nSPS) is 15.2. The van der Waals surface area contributed by atoms with E-state index in [1.54, 1.807) is 10.9 Å². The highest BCUT2D eigenvalue weighted by Gasteiger charge is 2.26. The molecular formula is C17H24N6O2. The number of amides is 1. The first-order valence-electron chi connectivity index (χ1n) is 8.72. The zero-order valence-corrected chi connectivity index (χ0v) is 14.7. The molecule has 1 aliphatic heterocycles. The lowest BCUT2D eigenvalue weighted by Gasteiger charge is -2.32. The van der Waals surface area contributed by atoms with Gasteiger partial charge in [0.1, 0.15) is 12.1 Å². The Bertz CT molecular complexity index is 709. The number of nitrogens with zero attached hydrogens (tertiary/aromatic N) is 5. The van der Waals surface area contributed by atoms with Crippen molar-refractivity contribution in [3.63, 3.8) is 0 Å². The molecule has 0 aromatic carbocycles. The first kappa shape index (κ1) is 17.2. The summed E-state index contributed by atoms with van der Waals surface area (Å²) in [6.07, 6.45) is 6.64. The molecule has 3 heterocycles. The number of rotatable bonds is 6. The van der Waals surface area contributed by atoms with Crippen LogP contribution in [0.5, 0.6) is 5.88 Å². The molecule has 1 aliphatic rings. The molecule has 0 radical (unpaired) electrons. The van der Waals surface area contributed by atoms with E-state index in [4.69, 9.17) is 4.74 Å². The third kappa shape index (κ3) is 4.26. The third-order valence-electron chi connectivity index (χ3n) is 4.33. The fourth-order valence-corrected chi connectivity index (χ4v) is 2.95. The van der Waals surface area contributed by atoms with Crippen molar-refractivity contribution in [2.45, 2.75) is 33.2 Å². The van der Waals surface area contributed by atoms with Crippen molar-refractivity contribution >= 4 is 17.4 Å². The summed E-state index contributed by atoms with van der Waals surface area (Å²) in [7, 11) is 0. The highest BCUT2D eigenvalue weighted by atomic mass is 16.5. The second kappa shape index (κ2) is 7.96. The Balaban J connectivity index is 1.54. The number of hydrogen-bond acceptors (Lipinski definition) is 6. The van der Waals surface area contributed by atoms with Crippen molar-refractivity contribution in [1.29, 1.82) is 0 Å². The van der Waals surface area contributed by atoms with E-state index in [0.717, 1.165) is 44.0 Å². The molecule has 0 aliphatic carbocycles. The van der Waals surface area contributed by atoms with Gasteiger partial charge in [-0.3, -0.25) is 9.48 Å². The predicted molar refractivity (Wildman–Crippen MR) is 94.7 cm³/mol. The Labute approximate surface area is 147 Å². The van der Waals surface area contributed by atoms with Crippen molar-refractivity contribution in [2.75, 3.05) is 29.9 Å². The first-order chi connectivity index (χ1) is 12.2. The fraction of sp³-hybridized carbons (Fsp3) is 0.529. The topological polar surface area (TPSA) is 85.2 Å². The van der Waals surface area contributed by atoms with Crippen LogP contribution in [0.1, 0.15) is 26.7 Å². The van der Waals surface area contributed by atoms with Gasteiger partial charge in [-0.1, -0.05) is 0 Å². The van der Waals surface area contributed by atoms with Crippen LogP contribution in [0, 0.1) is 5.92 Å². The maximum absolute atomic E-state index is 12.4. The van der Waals surface area contributed by atoms with E-state index in [-0.39, 0.29) is 11.8 Å². The molecule has 1 fully saturated rings. The molecule has 0 bridgehead atoms. The summed E-state index contributed by atoms with van der Waals surface area (Å²) in [6, 6.07) is 1.85. The molecule has 0 unspecified atom stereocenters. The quantitative estimate of drug-likeness (QED) is 0.862. The number of nitrogens with one attached hydrogen (secondary N) is 1. The maximum atomic E-state index is 12.4. The highest BCUT2D eigenvalue weighted by molar-refractivity contribution is 5.92. The van der Waals surface area contributed by atoms with Crippen LogP contribution in [0.4, 0.5) is 11.5 Å². The van der Waals surface area contributed by atoms with Crippen molar-refractivity contribution < 1.29 is 9.53 Å². The molecule has 0 saturated carbocycles. The van der Waals surface area contributed by atoms with Gasteiger partial charge in [0.05, 0.1) is 18.5 Å². The molecule has 8 heteroatoms. The van der Waals surface area contributed by atoms with Crippen LogP contribution in [0.3, 0.4) is 0 Å². The van der Waals surface area contributed by atoms with Crippen LogP contribution in [0.15, 0.2) is 24.8 Å². The van der Waals surface area contributed by atoms with E-state index >= 15 is 0 Å². The van der Waals surface area contributed by atoms with Crippen LogP contribution in [0.2, 0.25) is 0 Å². The molecule has 1 amide bonds. The van der Waals surface area contributed by atoms with Crippen LogP contribution in [-0.4, -0.2) is 45.4 Å². The van der Waals surface area contributed by atoms with Crippen molar-refractivity contribution in [3.05, 3.63) is 24.8 Å². The Kier molecular flexibility index (Phi) is 5.47. The summed E-state index contributed by atoms with van der Waals surface area (Å²) in [5.74, 6) is 1.50. The van der Waals surface area contributed by atoms with Crippen LogP contribution in [-0.2, 0) is 11.3 Å². The van der Waals surface area contributed by atoms with Gasteiger partial charge in [-0.05, 0) is 26.7 Å². The molecule has 2 aromatic rings. The minimum Gasteiger partial charge on any atom is -0.478 e. The van der Waals surface area contributed by atoms with Gasteiger partial charge in [0.15, 0.2) is 0 Å². The molecule has 3 rings (SSSR count). The molecule has 8 nitrogen and oxygen atoms in total. The first-order valence-corrected chi connectivity index (χ1v) is 8.72. The lowest BCUT2D eigenvalue weighted by atomic mass is 9.96. The average Bonchev–Trinajstić information content (AvgIpc) is 3.10. The third-order valence-corrected chi connectivity index (χ3v) is 4.33. The maximum Gasteiger partial charge on any atom is 0.227 e. The summed E-state index contributed by atoms with van der Waals surface area (Å²) in [5.41, 5.74) is 0.756. The number of carbonyl (C=O) groups is 1. The molecular weight excluding hydrogens is 320 g/mol. The number of carbonyl (C=O) groups excluding carboxylic acids is 1. The molecule has 134 valence electrons.